The van der Waals surface area contributed by atoms with Crippen LogP contribution in [0.2, 0.25) is 0 Å². The zero-order chi connectivity index (χ0) is 16.8. The number of nitrogens with zero attached hydrogens (tertiary/aromatic N) is 1. The van der Waals surface area contributed by atoms with Gasteiger partial charge in [0.1, 0.15) is 12.5 Å². The summed E-state index contributed by atoms with van der Waals surface area (Å²) in [6.45, 7) is 2.65. The van der Waals surface area contributed by atoms with Gasteiger partial charge in [-0.2, -0.15) is 0 Å². The quantitative estimate of drug-likeness (QED) is 0.880. The molecular weight excluding hydrogens is 302 g/mol. The molecule has 1 fully saturated rings. The normalized spacial score (nSPS) is 16.0. The molecule has 24 heavy (non-hydrogen) atoms. The number of likely N-dealkylation sites (tertiary alicyclic amines) is 1. The van der Waals surface area contributed by atoms with Gasteiger partial charge < -0.3 is 9.84 Å². The van der Waals surface area contributed by atoms with E-state index in [0.29, 0.717) is 12.5 Å². The first-order chi connectivity index (χ1) is 11.7. The lowest BCUT2D eigenvalue weighted by molar-refractivity contribution is 0.0696. The van der Waals surface area contributed by atoms with Gasteiger partial charge in [0, 0.05) is 13.1 Å². The molecule has 1 N–H and O–H groups in total. The molecule has 1 saturated heterocycles. The second-order valence-electron chi connectivity index (χ2n) is 6.35. The summed E-state index contributed by atoms with van der Waals surface area (Å²) in [4.78, 5) is 13.1. The fourth-order valence-corrected chi connectivity index (χ4v) is 3.13. The fraction of sp³-hybridized carbons (Fsp3) is 0.350. The molecular formula is C20H23NO3. The molecule has 0 saturated carbocycles. The van der Waals surface area contributed by atoms with Crippen LogP contribution in [0.1, 0.15) is 28.8 Å². The summed E-state index contributed by atoms with van der Waals surface area (Å²) >= 11 is 0. The molecule has 0 unspecified atom stereocenters. The van der Waals surface area contributed by atoms with Crippen molar-refractivity contribution in [3.63, 3.8) is 0 Å². The highest BCUT2D eigenvalue weighted by Crippen LogP contribution is 2.22. The molecule has 1 aliphatic rings. The molecule has 3 rings (SSSR count). The minimum absolute atomic E-state index is 0.282. The van der Waals surface area contributed by atoms with Crippen molar-refractivity contribution in [2.24, 2.45) is 5.92 Å². The number of rotatable bonds is 6. The number of piperidine rings is 1. The van der Waals surface area contributed by atoms with Crippen LogP contribution in [-0.4, -0.2) is 35.8 Å². The molecule has 0 radical (unpaired) electrons. The van der Waals surface area contributed by atoms with Crippen LogP contribution in [0.5, 0.6) is 5.75 Å². The molecule has 2 aromatic carbocycles. The van der Waals surface area contributed by atoms with Crippen molar-refractivity contribution in [1.29, 1.82) is 0 Å². The van der Waals surface area contributed by atoms with E-state index in [0.717, 1.165) is 25.4 Å². The van der Waals surface area contributed by atoms with E-state index in [1.54, 1.807) is 24.3 Å². The highest BCUT2D eigenvalue weighted by molar-refractivity contribution is 5.87. The van der Waals surface area contributed by atoms with E-state index in [2.05, 4.69) is 35.2 Å². The lowest BCUT2D eigenvalue weighted by Gasteiger charge is -2.31. The van der Waals surface area contributed by atoms with Crippen molar-refractivity contribution < 1.29 is 14.6 Å². The SMILES string of the molecule is O=C(O)c1ccc(OCN2CCC(Cc3ccccc3)CC2)cc1. The van der Waals surface area contributed by atoms with Crippen molar-refractivity contribution >= 4 is 5.97 Å². The van der Waals surface area contributed by atoms with Crippen LogP contribution in [0.3, 0.4) is 0 Å². The largest absolute Gasteiger partial charge is 0.478 e. The number of hydrogen-bond acceptors (Lipinski definition) is 3. The standard InChI is InChI=1S/C20H23NO3/c22-20(23)18-6-8-19(9-7-18)24-15-21-12-10-17(11-13-21)14-16-4-2-1-3-5-16/h1-9,17H,10-15H2,(H,22,23). The van der Waals surface area contributed by atoms with Crippen molar-refractivity contribution in [2.75, 3.05) is 19.8 Å². The van der Waals surface area contributed by atoms with Crippen LogP contribution >= 0.6 is 0 Å². The molecule has 0 atom stereocenters. The van der Waals surface area contributed by atoms with E-state index in [-0.39, 0.29) is 5.56 Å². The van der Waals surface area contributed by atoms with Gasteiger partial charge in [-0.25, -0.2) is 4.79 Å². The third-order valence-electron chi connectivity index (χ3n) is 4.59. The zero-order valence-electron chi connectivity index (χ0n) is 13.7. The Morgan fingerprint density at radius 3 is 2.33 bits per heavy atom. The Balaban J connectivity index is 1.41. The third-order valence-corrected chi connectivity index (χ3v) is 4.59. The topological polar surface area (TPSA) is 49.8 Å². The first-order valence-electron chi connectivity index (χ1n) is 8.43. The Morgan fingerprint density at radius 2 is 1.71 bits per heavy atom. The second kappa shape index (κ2) is 7.97. The van der Waals surface area contributed by atoms with Crippen LogP contribution in [0.15, 0.2) is 54.6 Å². The lowest BCUT2D eigenvalue weighted by atomic mass is 9.90. The Kier molecular flexibility index (Phi) is 5.49. The number of benzene rings is 2. The van der Waals surface area contributed by atoms with Crippen molar-refractivity contribution in [2.45, 2.75) is 19.3 Å². The maximum absolute atomic E-state index is 10.8. The summed E-state index contributed by atoms with van der Waals surface area (Å²) in [7, 11) is 0. The smallest absolute Gasteiger partial charge is 0.335 e. The molecule has 0 bridgehead atoms. The highest BCUT2D eigenvalue weighted by Gasteiger charge is 2.19. The van der Waals surface area contributed by atoms with Crippen LogP contribution in [0.25, 0.3) is 0 Å². The zero-order valence-corrected chi connectivity index (χ0v) is 13.7. The van der Waals surface area contributed by atoms with E-state index in [9.17, 15) is 4.79 Å². The molecule has 126 valence electrons. The molecule has 1 heterocycles. The second-order valence-corrected chi connectivity index (χ2v) is 6.35. The van der Waals surface area contributed by atoms with Gasteiger partial charge in [-0.15, -0.1) is 0 Å². The Bertz CT molecular complexity index is 646. The number of carboxylic acids is 1. The summed E-state index contributed by atoms with van der Waals surface area (Å²) < 4.78 is 5.77. The van der Waals surface area contributed by atoms with Crippen LogP contribution in [-0.2, 0) is 6.42 Å². The minimum atomic E-state index is -0.915. The van der Waals surface area contributed by atoms with Crippen LogP contribution < -0.4 is 4.74 Å². The van der Waals surface area contributed by atoms with E-state index in [1.807, 2.05) is 0 Å². The number of carbonyl (C=O) groups is 1. The number of carboxylic acid groups (broad SMARTS) is 1. The van der Waals surface area contributed by atoms with E-state index in [4.69, 9.17) is 9.84 Å². The van der Waals surface area contributed by atoms with E-state index < -0.39 is 5.97 Å². The molecule has 1 aliphatic heterocycles. The van der Waals surface area contributed by atoms with Crippen molar-refractivity contribution in [3.05, 3.63) is 65.7 Å². The molecule has 0 aliphatic carbocycles. The number of ether oxygens (including phenoxy) is 1. The van der Waals surface area contributed by atoms with Gasteiger partial charge in [0.2, 0.25) is 0 Å². The van der Waals surface area contributed by atoms with Crippen molar-refractivity contribution in [1.82, 2.24) is 4.90 Å². The van der Waals surface area contributed by atoms with E-state index >= 15 is 0 Å². The van der Waals surface area contributed by atoms with Gasteiger partial charge in [-0.05, 0) is 55.0 Å². The lowest BCUT2D eigenvalue weighted by Crippen LogP contribution is -2.36. The predicted molar refractivity (Wildman–Crippen MR) is 93.3 cm³/mol. The molecule has 0 amide bonds. The van der Waals surface area contributed by atoms with Crippen LogP contribution in [0.4, 0.5) is 0 Å². The predicted octanol–water partition coefficient (Wildman–Crippen LogP) is 3.68. The maximum atomic E-state index is 10.8. The third kappa shape index (κ3) is 4.59. The highest BCUT2D eigenvalue weighted by atomic mass is 16.5. The first-order valence-corrected chi connectivity index (χ1v) is 8.43. The van der Waals surface area contributed by atoms with Gasteiger partial charge in [0.15, 0.2) is 0 Å². The van der Waals surface area contributed by atoms with Gasteiger partial charge >= 0.3 is 5.97 Å². The van der Waals surface area contributed by atoms with Gasteiger partial charge in [0.25, 0.3) is 0 Å². The fourth-order valence-electron chi connectivity index (χ4n) is 3.13. The molecule has 0 aromatic heterocycles. The number of hydrogen-bond donors (Lipinski definition) is 1. The van der Waals surface area contributed by atoms with E-state index in [1.165, 1.54) is 18.4 Å². The average Bonchev–Trinajstić information content (AvgIpc) is 2.62. The Morgan fingerprint density at radius 1 is 1.04 bits per heavy atom. The van der Waals surface area contributed by atoms with Gasteiger partial charge in [0.05, 0.1) is 5.56 Å². The molecule has 2 aromatic rings. The monoisotopic (exact) mass is 325 g/mol. The first kappa shape index (κ1) is 16.5. The van der Waals surface area contributed by atoms with Gasteiger partial charge in [-0.1, -0.05) is 30.3 Å². The Labute approximate surface area is 142 Å². The average molecular weight is 325 g/mol. The van der Waals surface area contributed by atoms with Crippen LogP contribution in [0, 0.1) is 5.92 Å². The van der Waals surface area contributed by atoms with Crippen molar-refractivity contribution in [3.8, 4) is 5.75 Å². The summed E-state index contributed by atoms with van der Waals surface area (Å²) in [5.41, 5.74) is 1.70. The summed E-state index contributed by atoms with van der Waals surface area (Å²) in [5, 5.41) is 8.89. The summed E-state index contributed by atoms with van der Waals surface area (Å²) in [6.07, 6.45) is 3.54. The molecule has 4 nitrogen and oxygen atoms in total. The summed E-state index contributed by atoms with van der Waals surface area (Å²) in [6, 6.07) is 17.3. The Hall–Kier alpha value is -2.33. The maximum Gasteiger partial charge on any atom is 0.335 e. The summed E-state index contributed by atoms with van der Waals surface area (Å²) in [5.74, 6) is 0.548. The number of aromatic carboxylic acids is 1. The molecule has 4 heteroatoms. The molecule has 0 spiro atoms. The van der Waals surface area contributed by atoms with Gasteiger partial charge in [-0.3, -0.25) is 4.90 Å². The minimum Gasteiger partial charge on any atom is -0.478 e.